The van der Waals surface area contributed by atoms with Gasteiger partial charge in [-0.3, -0.25) is 14.6 Å². The van der Waals surface area contributed by atoms with Gasteiger partial charge in [-0.1, -0.05) is 0 Å². The summed E-state index contributed by atoms with van der Waals surface area (Å²) in [7, 11) is 2.83. The number of hydrogen-bond donors (Lipinski definition) is 2. The molecule has 1 rings (SSSR count). The summed E-state index contributed by atoms with van der Waals surface area (Å²) in [6, 6.07) is 2.70. The van der Waals surface area contributed by atoms with Crippen LogP contribution in [0.4, 0.5) is 10.5 Å². The lowest BCUT2D eigenvalue weighted by atomic mass is 10.2. The zero-order valence-corrected chi connectivity index (χ0v) is 11.8. The number of carboxylic acids is 1. The quantitative estimate of drug-likeness (QED) is 0.749. The molecular formula is C13H17N3O5. The second-order valence-electron chi connectivity index (χ2n) is 4.29. The Labute approximate surface area is 121 Å². The van der Waals surface area contributed by atoms with Crippen LogP contribution in [0.25, 0.3) is 0 Å². The topological polar surface area (TPSA) is 109 Å². The van der Waals surface area contributed by atoms with E-state index in [0.717, 1.165) is 0 Å². The molecule has 0 unspecified atom stereocenters. The number of carbonyl (C=O) groups excluding carboxylic acids is 2. The van der Waals surface area contributed by atoms with Crippen LogP contribution in [-0.4, -0.2) is 53.7 Å². The van der Waals surface area contributed by atoms with Crippen molar-refractivity contribution in [2.45, 2.75) is 12.8 Å². The number of carbonyl (C=O) groups is 3. The Balaban J connectivity index is 2.50. The number of rotatable bonds is 6. The van der Waals surface area contributed by atoms with Crippen molar-refractivity contribution in [2.75, 3.05) is 26.0 Å². The normalized spacial score (nSPS) is 9.81. The van der Waals surface area contributed by atoms with E-state index in [-0.39, 0.29) is 19.4 Å². The zero-order valence-electron chi connectivity index (χ0n) is 11.8. The summed E-state index contributed by atoms with van der Waals surface area (Å²) in [5.41, 5.74) is 0.846. The van der Waals surface area contributed by atoms with Gasteiger partial charge in [-0.25, -0.2) is 4.79 Å². The standard InChI is InChI=1S/C13H17N3O5/c1-16(6-5-12(19)21-2)13(20)15-10-4-3-9(14-8-10)7-11(17)18/h3-4,8H,5-7H2,1-2H3,(H,15,20)(H,17,18). The number of amides is 2. The number of carboxylic acid groups (broad SMARTS) is 1. The highest BCUT2D eigenvalue weighted by Crippen LogP contribution is 2.08. The van der Waals surface area contributed by atoms with Gasteiger partial charge in [0.05, 0.1) is 37.5 Å². The van der Waals surface area contributed by atoms with E-state index in [2.05, 4.69) is 15.0 Å². The largest absolute Gasteiger partial charge is 0.481 e. The van der Waals surface area contributed by atoms with Crippen molar-refractivity contribution in [1.29, 1.82) is 0 Å². The van der Waals surface area contributed by atoms with Crippen molar-refractivity contribution in [3.63, 3.8) is 0 Å². The molecule has 1 aromatic rings. The third kappa shape index (κ3) is 5.89. The molecule has 0 bridgehead atoms. The van der Waals surface area contributed by atoms with Crippen molar-refractivity contribution in [2.24, 2.45) is 0 Å². The molecule has 2 N–H and O–H groups in total. The summed E-state index contributed by atoms with van der Waals surface area (Å²) in [4.78, 5) is 38.6. The highest BCUT2D eigenvalue weighted by molar-refractivity contribution is 5.89. The number of aliphatic carboxylic acids is 1. The average Bonchev–Trinajstić information content (AvgIpc) is 2.45. The van der Waals surface area contributed by atoms with Crippen molar-refractivity contribution in [1.82, 2.24) is 9.88 Å². The third-order valence-electron chi connectivity index (χ3n) is 2.63. The minimum atomic E-state index is -0.971. The van der Waals surface area contributed by atoms with Gasteiger partial charge >= 0.3 is 18.0 Å². The number of urea groups is 1. The molecule has 0 fully saturated rings. The Morgan fingerprint density at radius 3 is 2.62 bits per heavy atom. The van der Waals surface area contributed by atoms with E-state index < -0.39 is 18.0 Å². The summed E-state index contributed by atoms with van der Waals surface area (Å²) in [5.74, 6) is -1.36. The van der Waals surface area contributed by atoms with E-state index in [4.69, 9.17) is 5.11 Å². The number of nitrogens with zero attached hydrogens (tertiary/aromatic N) is 2. The molecule has 1 heterocycles. The fraction of sp³-hybridized carbons (Fsp3) is 0.385. The van der Waals surface area contributed by atoms with Gasteiger partial charge in [-0.15, -0.1) is 0 Å². The molecule has 0 saturated carbocycles. The highest BCUT2D eigenvalue weighted by atomic mass is 16.5. The van der Waals surface area contributed by atoms with Gasteiger partial charge in [-0.05, 0) is 12.1 Å². The molecule has 8 nitrogen and oxygen atoms in total. The van der Waals surface area contributed by atoms with Gasteiger partial charge < -0.3 is 20.1 Å². The highest BCUT2D eigenvalue weighted by Gasteiger charge is 2.11. The van der Waals surface area contributed by atoms with Crippen LogP contribution < -0.4 is 5.32 Å². The first-order chi connectivity index (χ1) is 9.92. The Bertz CT molecular complexity index is 515. The Morgan fingerprint density at radius 1 is 1.38 bits per heavy atom. The Hall–Kier alpha value is -2.64. The van der Waals surface area contributed by atoms with E-state index in [1.165, 1.54) is 24.3 Å². The molecule has 2 amide bonds. The molecule has 0 saturated heterocycles. The van der Waals surface area contributed by atoms with E-state index in [1.54, 1.807) is 13.1 Å². The van der Waals surface area contributed by atoms with Gasteiger partial charge in [0.15, 0.2) is 0 Å². The minimum Gasteiger partial charge on any atom is -0.481 e. The van der Waals surface area contributed by atoms with Gasteiger partial charge in [0.1, 0.15) is 0 Å². The van der Waals surface area contributed by atoms with Crippen molar-refractivity contribution in [3.05, 3.63) is 24.0 Å². The molecule has 0 aliphatic rings. The fourth-order valence-electron chi connectivity index (χ4n) is 1.44. The molecule has 1 aromatic heterocycles. The predicted molar refractivity (Wildman–Crippen MR) is 73.9 cm³/mol. The lowest BCUT2D eigenvalue weighted by Gasteiger charge is -2.17. The predicted octanol–water partition coefficient (Wildman–Crippen LogP) is 0.735. The Morgan fingerprint density at radius 2 is 2.10 bits per heavy atom. The second kappa shape index (κ2) is 7.83. The molecule has 0 atom stereocenters. The van der Waals surface area contributed by atoms with Crippen LogP contribution in [-0.2, 0) is 20.7 Å². The monoisotopic (exact) mass is 295 g/mol. The number of hydrogen-bond acceptors (Lipinski definition) is 5. The molecule has 0 aliphatic heterocycles. The van der Waals surface area contributed by atoms with Crippen LogP contribution in [0, 0.1) is 0 Å². The smallest absolute Gasteiger partial charge is 0.321 e. The molecule has 0 spiro atoms. The minimum absolute atomic E-state index is 0.107. The molecular weight excluding hydrogens is 278 g/mol. The maximum atomic E-state index is 11.8. The maximum absolute atomic E-state index is 11.8. The number of esters is 1. The molecule has 8 heteroatoms. The van der Waals surface area contributed by atoms with Crippen molar-refractivity contribution < 1.29 is 24.2 Å². The molecule has 114 valence electrons. The van der Waals surface area contributed by atoms with Gasteiger partial charge in [0.2, 0.25) is 0 Å². The lowest BCUT2D eigenvalue weighted by Crippen LogP contribution is -2.33. The third-order valence-corrected chi connectivity index (χ3v) is 2.63. The van der Waals surface area contributed by atoms with Crippen LogP contribution in [0.1, 0.15) is 12.1 Å². The van der Waals surface area contributed by atoms with E-state index in [1.807, 2.05) is 0 Å². The van der Waals surface area contributed by atoms with Crippen LogP contribution in [0.15, 0.2) is 18.3 Å². The summed E-state index contributed by atoms with van der Waals surface area (Å²) in [6.07, 6.45) is 1.31. The number of nitrogens with one attached hydrogen (secondary N) is 1. The maximum Gasteiger partial charge on any atom is 0.321 e. The summed E-state index contributed by atoms with van der Waals surface area (Å²) >= 11 is 0. The first-order valence-corrected chi connectivity index (χ1v) is 6.18. The first-order valence-electron chi connectivity index (χ1n) is 6.18. The van der Waals surface area contributed by atoms with Crippen molar-refractivity contribution in [3.8, 4) is 0 Å². The second-order valence-corrected chi connectivity index (χ2v) is 4.29. The van der Waals surface area contributed by atoms with E-state index in [0.29, 0.717) is 11.4 Å². The van der Waals surface area contributed by atoms with Crippen molar-refractivity contribution >= 4 is 23.7 Å². The van der Waals surface area contributed by atoms with Crippen LogP contribution >= 0.6 is 0 Å². The number of ether oxygens (including phenoxy) is 1. The fourth-order valence-corrected chi connectivity index (χ4v) is 1.44. The summed E-state index contributed by atoms with van der Waals surface area (Å²) in [5, 5.41) is 11.2. The average molecular weight is 295 g/mol. The van der Waals surface area contributed by atoms with Crippen LogP contribution in [0.3, 0.4) is 0 Å². The molecule has 0 radical (unpaired) electrons. The number of pyridine rings is 1. The van der Waals surface area contributed by atoms with Gasteiger partial charge in [0, 0.05) is 13.6 Å². The lowest BCUT2D eigenvalue weighted by molar-refractivity contribution is -0.140. The molecule has 21 heavy (non-hydrogen) atoms. The Kier molecular flexibility index (Phi) is 6.12. The number of aromatic nitrogens is 1. The summed E-state index contributed by atoms with van der Waals surface area (Å²) < 4.78 is 4.49. The van der Waals surface area contributed by atoms with Gasteiger partial charge in [-0.2, -0.15) is 0 Å². The van der Waals surface area contributed by atoms with Gasteiger partial charge in [0.25, 0.3) is 0 Å². The summed E-state index contributed by atoms with van der Waals surface area (Å²) in [6.45, 7) is 0.225. The molecule has 0 aromatic carbocycles. The zero-order chi connectivity index (χ0) is 15.8. The number of methoxy groups -OCH3 is 1. The van der Waals surface area contributed by atoms with Crippen LogP contribution in [0.5, 0.6) is 0 Å². The van der Waals surface area contributed by atoms with E-state index in [9.17, 15) is 14.4 Å². The van der Waals surface area contributed by atoms with Crippen LogP contribution in [0.2, 0.25) is 0 Å². The molecule has 0 aliphatic carbocycles. The first kappa shape index (κ1) is 16.4. The SMILES string of the molecule is COC(=O)CCN(C)C(=O)Nc1ccc(CC(=O)O)nc1. The number of anilines is 1. The van der Waals surface area contributed by atoms with E-state index >= 15 is 0 Å².